The van der Waals surface area contributed by atoms with Crippen molar-refractivity contribution < 1.29 is 4.79 Å². The number of aryl methyl sites for hydroxylation is 2. The van der Waals surface area contributed by atoms with Gasteiger partial charge in [-0.15, -0.1) is 0 Å². The van der Waals surface area contributed by atoms with Crippen LogP contribution in [-0.4, -0.2) is 63.8 Å². The topological polar surface area (TPSA) is 75.1 Å². The number of pyridine rings is 2. The standard InChI is InChI=1S/C25H26N6O/c1-17-14-28-19(15-27-17)4-6-24(32)18-3-5-20-22-16-26-8-7-21(22)25(29-23(20)13-18)31-11-9-30(2)10-12-31/h3,5,7-8,13-16H,4,6,9-12H2,1-2H3. The van der Waals surface area contributed by atoms with Gasteiger partial charge in [0.15, 0.2) is 5.78 Å². The second kappa shape index (κ2) is 8.59. The van der Waals surface area contributed by atoms with Gasteiger partial charge in [-0.1, -0.05) is 12.1 Å². The third kappa shape index (κ3) is 4.03. The van der Waals surface area contributed by atoms with E-state index in [0.29, 0.717) is 18.4 Å². The fourth-order valence-electron chi connectivity index (χ4n) is 4.20. The summed E-state index contributed by atoms with van der Waals surface area (Å²) in [5.41, 5.74) is 3.22. The molecule has 3 aromatic heterocycles. The first kappa shape index (κ1) is 20.5. The molecule has 1 aliphatic rings. The predicted octanol–water partition coefficient (Wildman–Crippen LogP) is 3.45. The normalized spacial score (nSPS) is 14.9. The van der Waals surface area contributed by atoms with Gasteiger partial charge < -0.3 is 9.80 Å². The van der Waals surface area contributed by atoms with Gasteiger partial charge in [-0.3, -0.25) is 19.7 Å². The number of likely N-dealkylation sites (N-methyl/N-ethyl adjacent to an activating group) is 1. The summed E-state index contributed by atoms with van der Waals surface area (Å²) in [4.78, 5) is 35.6. The molecule has 0 atom stereocenters. The number of rotatable bonds is 5. The third-order valence-corrected chi connectivity index (χ3v) is 6.14. The molecule has 0 spiro atoms. The Bertz CT molecular complexity index is 1280. The Morgan fingerprint density at radius 1 is 0.969 bits per heavy atom. The number of carbonyl (C=O) groups is 1. The molecule has 1 fully saturated rings. The van der Waals surface area contributed by atoms with Crippen LogP contribution in [0, 0.1) is 6.92 Å². The molecule has 0 aliphatic carbocycles. The van der Waals surface area contributed by atoms with Crippen molar-refractivity contribution in [2.45, 2.75) is 19.8 Å². The van der Waals surface area contributed by atoms with Gasteiger partial charge >= 0.3 is 0 Å². The number of hydrogen-bond acceptors (Lipinski definition) is 7. The molecule has 32 heavy (non-hydrogen) atoms. The Balaban J connectivity index is 1.47. The van der Waals surface area contributed by atoms with Gasteiger partial charge in [0.25, 0.3) is 0 Å². The summed E-state index contributed by atoms with van der Waals surface area (Å²) in [5.74, 6) is 1.06. The summed E-state index contributed by atoms with van der Waals surface area (Å²) >= 11 is 0. The second-order valence-electron chi connectivity index (χ2n) is 8.45. The molecule has 0 saturated carbocycles. The third-order valence-electron chi connectivity index (χ3n) is 6.14. The Morgan fingerprint density at radius 3 is 2.59 bits per heavy atom. The zero-order valence-electron chi connectivity index (χ0n) is 18.5. The van der Waals surface area contributed by atoms with E-state index < -0.39 is 0 Å². The lowest BCUT2D eigenvalue weighted by molar-refractivity contribution is 0.0982. The highest BCUT2D eigenvalue weighted by Crippen LogP contribution is 2.32. The van der Waals surface area contributed by atoms with Crippen LogP contribution in [0.25, 0.3) is 21.7 Å². The highest BCUT2D eigenvalue weighted by atomic mass is 16.1. The van der Waals surface area contributed by atoms with E-state index in [1.165, 1.54) is 0 Å². The van der Waals surface area contributed by atoms with Crippen molar-refractivity contribution in [2.75, 3.05) is 38.1 Å². The number of piperazine rings is 1. The summed E-state index contributed by atoms with van der Waals surface area (Å²) in [7, 11) is 2.15. The summed E-state index contributed by atoms with van der Waals surface area (Å²) < 4.78 is 0. The van der Waals surface area contributed by atoms with Crippen LogP contribution >= 0.6 is 0 Å². The molecule has 0 N–H and O–H groups in total. The zero-order valence-corrected chi connectivity index (χ0v) is 18.5. The Hall–Kier alpha value is -3.45. The summed E-state index contributed by atoms with van der Waals surface area (Å²) in [5, 5.41) is 3.20. The molecular formula is C25H26N6O. The van der Waals surface area contributed by atoms with E-state index >= 15 is 0 Å². The SMILES string of the molecule is Cc1cnc(CCC(=O)c2ccc3c(c2)nc(N2CCN(C)CC2)c2ccncc23)cn1. The van der Waals surface area contributed by atoms with E-state index in [0.717, 1.165) is 65.1 Å². The van der Waals surface area contributed by atoms with E-state index in [1.807, 2.05) is 43.6 Å². The zero-order chi connectivity index (χ0) is 22.1. The minimum absolute atomic E-state index is 0.0866. The molecule has 5 rings (SSSR count). The smallest absolute Gasteiger partial charge is 0.163 e. The first-order valence-electron chi connectivity index (χ1n) is 11.0. The van der Waals surface area contributed by atoms with Crippen molar-refractivity contribution in [1.82, 2.24) is 24.8 Å². The Morgan fingerprint density at radius 2 is 1.81 bits per heavy atom. The van der Waals surface area contributed by atoms with Crippen LogP contribution < -0.4 is 4.90 Å². The molecule has 0 amide bonds. The summed E-state index contributed by atoms with van der Waals surface area (Å²) in [6.45, 7) is 5.78. The quantitative estimate of drug-likeness (QED) is 0.357. The molecule has 0 radical (unpaired) electrons. The maximum Gasteiger partial charge on any atom is 0.163 e. The number of nitrogens with zero attached hydrogens (tertiary/aromatic N) is 6. The highest BCUT2D eigenvalue weighted by molar-refractivity contribution is 6.11. The van der Waals surface area contributed by atoms with Gasteiger partial charge in [-0.2, -0.15) is 0 Å². The molecule has 0 unspecified atom stereocenters. The van der Waals surface area contributed by atoms with Crippen LogP contribution in [0.4, 0.5) is 5.82 Å². The van der Waals surface area contributed by atoms with E-state index in [9.17, 15) is 4.79 Å². The fourth-order valence-corrected chi connectivity index (χ4v) is 4.20. The number of benzene rings is 1. The van der Waals surface area contributed by atoms with Gasteiger partial charge in [-0.25, -0.2) is 4.98 Å². The van der Waals surface area contributed by atoms with Crippen LogP contribution in [0.2, 0.25) is 0 Å². The molecule has 4 heterocycles. The van der Waals surface area contributed by atoms with Crippen LogP contribution in [-0.2, 0) is 6.42 Å². The summed E-state index contributed by atoms with van der Waals surface area (Å²) in [6.07, 6.45) is 8.16. The second-order valence-corrected chi connectivity index (χ2v) is 8.45. The van der Waals surface area contributed by atoms with Crippen molar-refractivity contribution in [3.63, 3.8) is 0 Å². The monoisotopic (exact) mass is 426 g/mol. The van der Waals surface area contributed by atoms with E-state index in [4.69, 9.17) is 4.98 Å². The highest BCUT2D eigenvalue weighted by Gasteiger charge is 2.19. The minimum Gasteiger partial charge on any atom is -0.354 e. The molecule has 4 aromatic rings. The number of fused-ring (bicyclic) bond motifs is 3. The maximum atomic E-state index is 12.9. The number of Topliss-reactive ketones (excluding diaryl/α,β-unsaturated/α-hetero) is 1. The molecule has 1 aromatic carbocycles. The lowest BCUT2D eigenvalue weighted by Crippen LogP contribution is -2.44. The number of ketones is 1. The first-order valence-corrected chi connectivity index (χ1v) is 11.0. The lowest BCUT2D eigenvalue weighted by Gasteiger charge is -2.34. The first-order chi connectivity index (χ1) is 15.6. The van der Waals surface area contributed by atoms with Gasteiger partial charge in [0.05, 0.1) is 16.9 Å². The van der Waals surface area contributed by atoms with Gasteiger partial charge in [-0.05, 0) is 32.5 Å². The average Bonchev–Trinajstić information content (AvgIpc) is 2.83. The number of carbonyl (C=O) groups excluding carboxylic acids is 1. The van der Waals surface area contributed by atoms with Crippen molar-refractivity contribution in [2.24, 2.45) is 0 Å². The van der Waals surface area contributed by atoms with E-state index in [-0.39, 0.29) is 5.78 Å². The summed E-state index contributed by atoms with van der Waals surface area (Å²) in [6, 6.07) is 7.86. The molecule has 0 bridgehead atoms. The largest absolute Gasteiger partial charge is 0.354 e. The molecule has 1 aliphatic heterocycles. The Kier molecular flexibility index (Phi) is 5.49. The molecule has 7 nitrogen and oxygen atoms in total. The van der Waals surface area contributed by atoms with Crippen molar-refractivity contribution in [3.8, 4) is 0 Å². The van der Waals surface area contributed by atoms with Gasteiger partial charge in [0.1, 0.15) is 5.82 Å². The number of anilines is 1. The number of hydrogen-bond donors (Lipinski definition) is 0. The van der Waals surface area contributed by atoms with Crippen molar-refractivity contribution in [1.29, 1.82) is 0 Å². The lowest BCUT2D eigenvalue weighted by atomic mass is 10.0. The minimum atomic E-state index is 0.0866. The van der Waals surface area contributed by atoms with Crippen LogP contribution in [0.1, 0.15) is 28.2 Å². The van der Waals surface area contributed by atoms with Crippen LogP contribution in [0.3, 0.4) is 0 Å². The fraction of sp³-hybridized carbons (Fsp3) is 0.320. The van der Waals surface area contributed by atoms with Crippen molar-refractivity contribution in [3.05, 3.63) is 66.0 Å². The molecular weight excluding hydrogens is 400 g/mol. The van der Waals surface area contributed by atoms with Crippen LogP contribution in [0.15, 0.2) is 49.1 Å². The van der Waals surface area contributed by atoms with Gasteiger partial charge in [0.2, 0.25) is 0 Å². The average molecular weight is 427 g/mol. The van der Waals surface area contributed by atoms with E-state index in [1.54, 1.807) is 12.4 Å². The number of aromatic nitrogens is 4. The molecule has 7 heteroatoms. The predicted molar refractivity (Wildman–Crippen MR) is 126 cm³/mol. The van der Waals surface area contributed by atoms with Gasteiger partial charge in [0, 0.05) is 79.1 Å². The maximum absolute atomic E-state index is 12.9. The van der Waals surface area contributed by atoms with E-state index in [2.05, 4.69) is 31.8 Å². The van der Waals surface area contributed by atoms with Crippen molar-refractivity contribution >= 4 is 33.3 Å². The molecule has 162 valence electrons. The van der Waals surface area contributed by atoms with Crippen LogP contribution in [0.5, 0.6) is 0 Å². The molecule has 1 saturated heterocycles. The Labute approximate surface area is 187 Å².